The summed E-state index contributed by atoms with van der Waals surface area (Å²) in [6, 6.07) is 3.70. The van der Waals surface area contributed by atoms with E-state index < -0.39 is 5.60 Å². The molecule has 0 spiro atoms. The minimum atomic E-state index is -0.576. The number of rotatable bonds is 3. The average Bonchev–Trinajstić information content (AvgIpc) is 2.61. The van der Waals surface area contributed by atoms with Crippen molar-refractivity contribution in [2.24, 2.45) is 0 Å². The second-order valence-corrected chi connectivity index (χ2v) is 5.24. The van der Waals surface area contributed by atoms with E-state index in [0.29, 0.717) is 18.1 Å². The number of hydrogen-bond acceptors (Lipinski definition) is 4. The number of halogens is 1. The zero-order valence-electron chi connectivity index (χ0n) is 10.2. The van der Waals surface area contributed by atoms with Crippen molar-refractivity contribution in [3.8, 4) is 0 Å². The van der Waals surface area contributed by atoms with Gasteiger partial charge in [-0.25, -0.2) is 4.98 Å². The Labute approximate surface area is 107 Å². The molecule has 0 amide bonds. The van der Waals surface area contributed by atoms with Crippen molar-refractivity contribution in [1.29, 1.82) is 0 Å². The Kier molecular flexibility index (Phi) is 3.56. The van der Waals surface area contributed by atoms with Gasteiger partial charge in [0.25, 0.3) is 0 Å². The molecule has 0 saturated carbocycles. The van der Waals surface area contributed by atoms with Gasteiger partial charge in [-0.15, -0.1) is 0 Å². The van der Waals surface area contributed by atoms with Crippen LogP contribution >= 0.6 is 11.6 Å². The first-order chi connectivity index (χ1) is 8.00. The third-order valence-corrected chi connectivity index (χ3v) is 3.42. The van der Waals surface area contributed by atoms with Crippen molar-refractivity contribution < 1.29 is 5.11 Å². The molecule has 17 heavy (non-hydrogen) atoms. The number of anilines is 1. The Hall–Kier alpha value is -0.840. The molecule has 1 atom stereocenters. The van der Waals surface area contributed by atoms with E-state index in [9.17, 15) is 5.11 Å². The molecule has 0 aromatic carbocycles. The summed E-state index contributed by atoms with van der Waals surface area (Å²) in [6.07, 6.45) is 0.802. The molecule has 1 saturated heterocycles. The smallest absolute Gasteiger partial charge is 0.126 e. The fourth-order valence-electron chi connectivity index (χ4n) is 2.12. The molecular weight excluding hydrogens is 238 g/mol. The fraction of sp³-hybridized carbons (Fsp3) is 0.583. The molecule has 2 N–H and O–H groups in total. The third kappa shape index (κ3) is 3.09. The highest BCUT2D eigenvalue weighted by atomic mass is 35.5. The summed E-state index contributed by atoms with van der Waals surface area (Å²) in [5.41, 5.74) is 0.281. The minimum absolute atomic E-state index is 0.576. The number of pyridine rings is 1. The van der Waals surface area contributed by atoms with E-state index in [1.165, 1.54) is 0 Å². The Balaban J connectivity index is 2.08. The first kappa shape index (κ1) is 12.6. The van der Waals surface area contributed by atoms with Gasteiger partial charge in [-0.3, -0.25) is 4.90 Å². The van der Waals surface area contributed by atoms with Gasteiger partial charge in [0, 0.05) is 26.7 Å². The number of likely N-dealkylation sites (tertiary alicyclic amines) is 1. The topological polar surface area (TPSA) is 48.4 Å². The summed E-state index contributed by atoms with van der Waals surface area (Å²) in [6.45, 7) is 4.11. The van der Waals surface area contributed by atoms with E-state index in [0.717, 1.165) is 24.5 Å². The first-order valence-electron chi connectivity index (χ1n) is 5.78. The quantitative estimate of drug-likeness (QED) is 0.864. The van der Waals surface area contributed by atoms with Crippen LogP contribution in [-0.4, -0.2) is 40.7 Å². The van der Waals surface area contributed by atoms with Crippen LogP contribution in [0.1, 0.15) is 19.0 Å². The van der Waals surface area contributed by atoms with Crippen LogP contribution in [-0.2, 0) is 6.54 Å². The van der Waals surface area contributed by atoms with E-state index in [1.54, 1.807) is 0 Å². The van der Waals surface area contributed by atoms with Gasteiger partial charge in [-0.1, -0.05) is 11.6 Å². The van der Waals surface area contributed by atoms with Crippen molar-refractivity contribution in [2.75, 3.05) is 25.5 Å². The van der Waals surface area contributed by atoms with Gasteiger partial charge in [0.05, 0.1) is 16.3 Å². The van der Waals surface area contributed by atoms with Crippen LogP contribution in [0.15, 0.2) is 12.1 Å². The van der Waals surface area contributed by atoms with Crippen molar-refractivity contribution >= 4 is 17.4 Å². The van der Waals surface area contributed by atoms with Crippen LogP contribution in [0.2, 0.25) is 5.02 Å². The largest absolute Gasteiger partial charge is 0.389 e. The van der Waals surface area contributed by atoms with Gasteiger partial charge < -0.3 is 10.4 Å². The number of aromatic nitrogens is 1. The van der Waals surface area contributed by atoms with E-state index in [1.807, 2.05) is 26.1 Å². The van der Waals surface area contributed by atoms with E-state index in [2.05, 4.69) is 15.2 Å². The standard InChI is InChI=1S/C12H18ClN3O/c1-12(17)5-6-16(8-12)7-10-9(13)3-4-11(14-2)15-10/h3-4,17H,5-8H2,1-2H3,(H,14,15). The second kappa shape index (κ2) is 4.80. The fourth-order valence-corrected chi connectivity index (χ4v) is 2.29. The Morgan fingerprint density at radius 1 is 1.59 bits per heavy atom. The predicted molar refractivity (Wildman–Crippen MR) is 69.3 cm³/mol. The van der Waals surface area contributed by atoms with Gasteiger partial charge in [0.2, 0.25) is 0 Å². The molecule has 1 aliphatic rings. The minimum Gasteiger partial charge on any atom is -0.389 e. The monoisotopic (exact) mass is 255 g/mol. The average molecular weight is 256 g/mol. The molecule has 0 bridgehead atoms. The highest BCUT2D eigenvalue weighted by Crippen LogP contribution is 2.24. The lowest BCUT2D eigenvalue weighted by Gasteiger charge is -2.19. The van der Waals surface area contributed by atoms with Crippen LogP contribution in [0.5, 0.6) is 0 Å². The molecule has 4 nitrogen and oxygen atoms in total. The lowest BCUT2D eigenvalue weighted by molar-refractivity contribution is 0.0677. The maximum Gasteiger partial charge on any atom is 0.126 e. The van der Waals surface area contributed by atoms with E-state index in [4.69, 9.17) is 11.6 Å². The maximum atomic E-state index is 9.91. The van der Waals surface area contributed by atoms with Crippen molar-refractivity contribution in [3.05, 3.63) is 22.8 Å². The number of nitrogens with one attached hydrogen (secondary N) is 1. The summed E-state index contributed by atoms with van der Waals surface area (Å²) >= 11 is 6.12. The highest BCUT2D eigenvalue weighted by Gasteiger charge is 2.31. The molecule has 5 heteroatoms. The van der Waals surface area contributed by atoms with Gasteiger partial charge in [0.1, 0.15) is 5.82 Å². The van der Waals surface area contributed by atoms with E-state index >= 15 is 0 Å². The Morgan fingerprint density at radius 2 is 2.35 bits per heavy atom. The number of nitrogens with zero attached hydrogens (tertiary/aromatic N) is 2. The molecule has 0 aliphatic carbocycles. The normalized spacial score (nSPS) is 25.2. The Morgan fingerprint density at radius 3 is 2.94 bits per heavy atom. The molecular formula is C12H18ClN3O. The number of β-amino-alcohol motifs (C(OH)–C–C–N with tert-alkyl or cyclic N) is 1. The lowest BCUT2D eigenvalue weighted by atomic mass is 10.1. The number of aliphatic hydroxyl groups is 1. The van der Waals surface area contributed by atoms with Crippen LogP contribution in [0.3, 0.4) is 0 Å². The summed E-state index contributed by atoms with van der Waals surface area (Å²) in [4.78, 5) is 6.61. The molecule has 1 aliphatic heterocycles. The van der Waals surface area contributed by atoms with Crippen molar-refractivity contribution in [1.82, 2.24) is 9.88 Å². The molecule has 0 radical (unpaired) electrons. The van der Waals surface area contributed by atoms with E-state index in [-0.39, 0.29) is 0 Å². The molecule has 1 aromatic rings. The molecule has 2 rings (SSSR count). The van der Waals surface area contributed by atoms with Crippen molar-refractivity contribution in [3.63, 3.8) is 0 Å². The Bertz CT molecular complexity index is 409. The molecule has 1 unspecified atom stereocenters. The summed E-state index contributed by atoms with van der Waals surface area (Å²) in [5.74, 6) is 0.815. The third-order valence-electron chi connectivity index (χ3n) is 3.08. The van der Waals surface area contributed by atoms with Crippen molar-refractivity contribution in [2.45, 2.75) is 25.5 Å². The molecule has 2 heterocycles. The molecule has 1 aromatic heterocycles. The zero-order chi connectivity index (χ0) is 12.5. The SMILES string of the molecule is CNc1ccc(Cl)c(CN2CCC(C)(O)C2)n1. The van der Waals surface area contributed by atoms with Crippen LogP contribution in [0.25, 0.3) is 0 Å². The van der Waals surface area contributed by atoms with Gasteiger partial charge >= 0.3 is 0 Å². The van der Waals surface area contributed by atoms with Crippen LogP contribution < -0.4 is 5.32 Å². The van der Waals surface area contributed by atoms with Crippen LogP contribution in [0.4, 0.5) is 5.82 Å². The zero-order valence-corrected chi connectivity index (χ0v) is 11.0. The second-order valence-electron chi connectivity index (χ2n) is 4.83. The van der Waals surface area contributed by atoms with Crippen LogP contribution in [0, 0.1) is 0 Å². The van der Waals surface area contributed by atoms with Gasteiger partial charge in [-0.05, 0) is 25.5 Å². The first-order valence-corrected chi connectivity index (χ1v) is 6.16. The predicted octanol–water partition coefficient (Wildman–Crippen LogP) is 1.73. The highest BCUT2D eigenvalue weighted by molar-refractivity contribution is 6.31. The molecule has 1 fully saturated rings. The summed E-state index contributed by atoms with van der Waals surface area (Å²) in [5, 5.41) is 13.6. The van der Waals surface area contributed by atoms with Gasteiger partial charge in [-0.2, -0.15) is 0 Å². The summed E-state index contributed by atoms with van der Waals surface area (Å²) < 4.78 is 0. The number of hydrogen-bond donors (Lipinski definition) is 2. The van der Waals surface area contributed by atoms with Gasteiger partial charge in [0.15, 0.2) is 0 Å². The lowest BCUT2D eigenvalue weighted by Crippen LogP contribution is -2.29. The molecule has 94 valence electrons. The summed E-state index contributed by atoms with van der Waals surface area (Å²) in [7, 11) is 1.83. The maximum absolute atomic E-state index is 9.91.